The molecule has 0 aliphatic carbocycles. The lowest BCUT2D eigenvalue weighted by Gasteiger charge is -2.35. The fourth-order valence-electron chi connectivity index (χ4n) is 4.51. The summed E-state index contributed by atoms with van der Waals surface area (Å²) in [6.45, 7) is 16.4. The van der Waals surface area contributed by atoms with Crippen molar-refractivity contribution in [1.82, 2.24) is 26.1 Å². The maximum Gasteiger partial charge on any atom is 0.325 e. The van der Waals surface area contributed by atoms with Crippen molar-refractivity contribution < 1.29 is 23.9 Å². The van der Waals surface area contributed by atoms with E-state index in [1.165, 1.54) is 11.1 Å². The minimum atomic E-state index is -0.883. The number of benzene rings is 1. The van der Waals surface area contributed by atoms with E-state index in [9.17, 15) is 19.2 Å². The smallest absolute Gasteiger partial charge is 0.325 e. The van der Waals surface area contributed by atoms with E-state index in [1.807, 2.05) is 38.1 Å². The van der Waals surface area contributed by atoms with Gasteiger partial charge in [-0.3, -0.25) is 29.2 Å². The molecule has 220 valence electrons. The molecule has 0 saturated carbocycles. The molecule has 1 aliphatic rings. The van der Waals surface area contributed by atoms with Gasteiger partial charge in [-0.1, -0.05) is 45.6 Å². The van der Waals surface area contributed by atoms with E-state index in [0.29, 0.717) is 19.4 Å². The molecule has 1 aliphatic heterocycles. The SMILES string of the molecule is C=Cc1cc2cc([C@@H](C)OC(=O)[C@@H]3CCCN(C(=O)[C@H](C)NC(=O)[C@@H](NC(=O)C(C)C=C)C(C)C)N3)ccc2cn1. The first-order chi connectivity index (χ1) is 19.4. The van der Waals surface area contributed by atoms with Gasteiger partial charge in [-0.25, -0.2) is 5.43 Å². The van der Waals surface area contributed by atoms with Crippen LogP contribution in [0.1, 0.15) is 64.8 Å². The molecule has 0 spiro atoms. The first-order valence-electron chi connectivity index (χ1n) is 14.0. The first-order valence-corrected chi connectivity index (χ1v) is 14.0. The van der Waals surface area contributed by atoms with Crippen LogP contribution in [0.5, 0.6) is 0 Å². The number of rotatable bonds is 11. The normalized spacial score (nSPS) is 18.1. The average molecular weight is 564 g/mol. The summed E-state index contributed by atoms with van der Waals surface area (Å²) in [7, 11) is 0. The quantitative estimate of drug-likeness (QED) is 0.282. The van der Waals surface area contributed by atoms with E-state index >= 15 is 0 Å². The van der Waals surface area contributed by atoms with Crippen molar-refractivity contribution in [3.63, 3.8) is 0 Å². The summed E-state index contributed by atoms with van der Waals surface area (Å²) in [5.41, 5.74) is 4.56. The van der Waals surface area contributed by atoms with Crippen LogP contribution in [0.3, 0.4) is 0 Å². The highest BCUT2D eigenvalue weighted by Crippen LogP contribution is 2.24. The van der Waals surface area contributed by atoms with Gasteiger partial charge in [-0.05, 0) is 61.8 Å². The summed E-state index contributed by atoms with van der Waals surface area (Å²) in [5, 5.41) is 8.72. The molecule has 1 aromatic carbocycles. The van der Waals surface area contributed by atoms with Gasteiger partial charge in [-0.2, -0.15) is 0 Å². The second kappa shape index (κ2) is 14.0. The second-order valence-electron chi connectivity index (χ2n) is 10.8. The molecule has 3 amide bonds. The van der Waals surface area contributed by atoms with Gasteiger partial charge in [0.1, 0.15) is 24.2 Å². The van der Waals surface area contributed by atoms with Gasteiger partial charge in [0.15, 0.2) is 0 Å². The van der Waals surface area contributed by atoms with Crippen LogP contribution < -0.4 is 16.1 Å². The van der Waals surface area contributed by atoms with Gasteiger partial charge in [0.25, 0.3) is 5.91 Å². The van der Waals surface area contributed by atoms with Crippen LogP contribution in [0.15, 0.2) is 49.7 Å². The largest absolute Gasteiger partial charge is 0.457 e. The number of pyridine rings is 1. The Labute approximate surface area is 241 Å². The van der Waals surface area contributed by atoms with E-state index in [4.69, 9.17) is 4.74 Å². The van der Waals surface area contributed by atoms with Crippen LogP contribution >= 0.6 is 0 Å². The Kier molecular flexibility index (Phi) is 10.8. The Morgan fingerprint density at radius 3 is 2.44 bits per heavy atom. The number of fused-ring (bicyclic) bond motifs is 1. The van der Waals surface area contributed by atoms with Crippen molar-refractivity contribution in [2.24, 2.45) is 11.8 Å². The number of aromatic nitrogens is 1. The molecule has 1 unspecified atom stereocenters. The number of amides is 3. The highest BCUT2D eigenvalue weighted by Gasteiger charge is 2.34. The first kappa shape index (κ1) is 31.5. The number of nitrogens with zero attached hydrogens (tertiary/aromatic N) is 2. The van der Waals surface area contributed by atoms with Crippen LogP contribution in [0.4, 0.5) is 0 Å². The molecule has 0 radical (unpaired) electrons. The number of hydrogen-bond donors (Lipinski definition) is 3. The molecule has 10 heteroatoms. The summed E-state index contributed by atoms with van der Waals surface area (Å²) in [5.74, 6) is -2.29. The van der Waals surface area contributed by atoms with Crippen LogP contribution in [0.25, 0.3) is 16.8 Å². The molecule has 41 heavy (non-hydrogen) atoms. The number of hydrogen-bond acceptors (Lipinski definition) is 7. The monoisotopic (exact) mass is 563 g/mol. The van der Waals surface area contributed by atoms with Crippen molar-refractivity contribution in [1.29, 1.82) is 0 Å². The van der Waals surface area contributed by atoms with Gasteiger partial charge in [0, 0.05) is 18.1 Å². The van der Waals surface area contributed by atoms with E-state index in [2.05, 4.69) is 34.2 Å². The summed E-state index contributed by atoms with van der Waals surface area (Å²) >= 11 is 0. The molecule has 5 atom stereocenters. The number of carbonyl (C=O) groups excluding carboxylic acids is 4. The van der Waals surface area contributed by atoms with Crippen molar-refractivity contribution in [2.45, 2.75) is 71.7 Å². The van der Waals surface area contributed by atoms with Gasteiger partial charge in [-0.15, -0.1) is 6.58 Å². The van der Waals surface area contributed by atoms with Crippen molar-refractivity contribution >= 4 is 40.5 Å². The van der Waals surface area contributed by atoms with Gasteiger partial charge in [0.05, 0.1) is 11.6 Å². The predicted molar refractivity (Wildman–Crippen MR) is 158 cm³/mol. The Balaban J connectivity index is 1.59. The van der Waals surface area contributed by atoms with Gasteiger partial charge >= 0.3 is 5.97 Å². The molecule has 1 saturated heterocycles. The number of carbonyl (C=O) groups is 4. The molecular weight excluding hydrogens is 522 g/mol. The fourth-order valence-corrected chi connectivity index (χ4v) is 4.51. The molecule has 1 aromatic heterocycles. The Bertz CT molecular complexity index is 1310. The average Bonchev–Trinajstić information content (AvgIpc) is 2.97. The topological polar surface area (TPSA) is 130 Å². The number of nitrogens with one attached hydrogen (secondary N) is 3. The third-order valence-corrected chi connectivity index (χ3v) is 7.22. The minimum absolute atomic E-state index is 0.198. The molecule has 2 aromatic rings. The zero-order chi connectivity index (χ0) is 30.3. The summed E-state index contributed by atoms with van der Waals surface area (Å²) in [6, 6.07) is 5.30. The minimum Gasteiger partial charge on any atom is -0.457 e. The van der Waals surface area contributed by atoms with Crippen LogP contribution in [0, 0.1) is 11.8 Å². The lowest BCUT2D eigenvalue weighted by atomic mass is 10.0. The number of ether oxygens (including phenoxy) is 1. The van der Waals surface area contributed by atoms with Crippen molar-refractivity contribution in [3.8, 4) is 0 Å². The van der Waals surface area contributed by atoms with E-state index in [-0.39, 0.29) is 11.8 Å². The Hall–Kier alpha value is -4.05. The molecule has 10 nitrogen and oxygen atoms in total. The van der Waals surface area contributed by atoms with Crippen molar-refractivity contribution in [2.75, 3.05) is 6.54 Å². The maximum absolute atomic E-state index is 13.2. The molecule has 1 fully saturated rings. The standard InChI is InChI=1S/C31H41N5O5/c1-8-19(5)28(37)34-27(18(3)4)29(38)33-20(6)30(39)36-14-10-11-26(35-36)31(40)41-21(7)22-12-13-23-17-32-25(9-2)16-24(23)15-22/h8-9,12-13,15-21,26-27,35H,1-2,10-11,14H2,3-7H3,(H,33,38)(H,34,37)/t19?,20-,21+,26-,27-/m0/s1. The van der Waals surface area contributed by atoms with E-state index in [0.717, 1.165) is 22.0 Å². The summed E-state index contributed by atoms with van der Waals surface area (Å²) in [4.78, 5) is 55.8. The predicted octanol–water partition coefficient (Wildman–Crippen LogP) is 3.45. The highest BCUT2D eigenvalue weighted by atomic mass is 16.5. The second-order valence-corrected chi connectivity index (χ2v) is 10.8. The van der Waals surface area contributed by atoms with E-state index in [1.54, 1.807) is 33.0 Å². The van der Waals surface area contributed by atoms with Crippen LogP contribution in [0.2, 0.25) is 0 Å². The lowest BCUT2D eigenvalue weighted by molar-refractivity contribution is -0.157. The zero-order valence-electron chi connectivity index (χ0n) is 24.5. The highest BCUT2D eigenvalue weighted by molar-refractivity contribution is 5.92. The van der Waals surface area contributed by atoms with Crippen LogP contribution in [-0.2, 0) is 23.9 Å². The third kappa shape index (κ3) is 8.00. The summed E-state index contributed by atoms with van der Waals surface area (Å²) < 4.78 is 5.77. The molecule has 0 bridgehead atoms. The molecular formula is C31H41N5O5. The lowest BCUT2D eigenvalue weighted by Crippen LogP contribution is -2.61. The molecule has 3 N–H and O–H groups in total. The zero-order valence-corrected chi connectivity index (χ0v) is 24.5. The Morgan fingerprint density at radius 1 is 1.05 bits per heavy atom. The third-order valence-electron chi connectivity index (χ3n) is 7.22. The van der Waals surface area contributed by atoms with Crippen molar-refractivity contribution in [3.05, 3.63) is 61.0 Å². The molecule has 3 rings (SSSR count). The van der Waals surface area contributed by atoms with Crippen LogP contribution in [-0.4, -0.2) is 58.4 Å². The number of esters is 1. The number of hydrazine groups is 1. The Morgan fingerprint density at radius 2 is 1.78 bits per heavy atom. The fraction of sp³-hybridized carbons (Fsp3) is 0.452. The maximum atomic E-state index is 13.2. The summed E-state index contributed by atoms with van der Waals surface area (Å²) in [6.07, 6.45) is 5.53. The van der Waals surface area contributed by atoms with Gasteiger partial charge < -0.3 is 15.4 Å². The molecule has 2 heterocycles. The van der Waals surface area contributed by atoms with E-state index < -0.39 is 47.9 Å². The van der Waals surface area contributed by atoms with Gasteiger partial charge in [0.2, 0.25) is 11.8 Å².